The standard InChI is InChI=1S/C16H23N3O2/c1-5-14(12-8-6-7-9-15(12)20)17-10-13-11(2)18-19(3)16(13)21-4/h6-9,14,17,20H,5,10H2,1-4H3/t14-/m1/s1. The van der Waals surface area contributed by atoms with Crippen molar-refractivity contribution in [3.63, 3.8) is 0 Å². The number of hydrogen-bond acceptors (Lipinski definition) is 4. The van der Waals surface area contributed by atoms with Crippen LogP contribution in [0.15, 0.2) is 24.3 Å². The average Bonchev–Trinajstić information content (AvgIpc) is 2.74. The molecule has 114 valence electrons. The van der Waals surface area contributed by atoms with Crippen molar-refractivity contribution in [3.05, 3.63) is 41.1 Å². The Balaban J connectivity index is 2.16. The molecule has 1 aromatic heterocycles. The minimum Gasteiger partial charge on any atom is -0.508 e. The maximum absolute atomic E-state index is 9.99. The van der Waals surface area contributed by atoms with E-state index in [1.807, 2.05) is 32.2 Å². The second-order valence-corrected chi connectivity index (χ2v) is 5.10. The van der Waals surface area contributed by atoms with E-state index in [0.717, 1.165) is 29.1 Å². The molecule has 21 heavy (non-hydrogen) atoms. The molecule has 0 saturated heterocycles. The van der Waals surface area contributed by atoms with Gasteiger partial charge in [-0.1, -0.05) is 25.1 Å². The van der Waals surface area contributed by atoms with Crippen LogP contribution in [0.25, 0.3) is 0 Å². The quantitative estimate of drug-likeness (QED) is 0.858. The van der Waals surface area contributed by atoms with E-state index in [0.29, 0.717) is 12.3 Å². The highest BCUT2D eigenvalue weighted by atomic mass is 16.5. The van der Waals surface area contributed by atoms with Crippen molar-refractivity contribution in [1.82, 2.24) is 15.1 Å². The van der Waals surface area contributed by atoms with E-state index in [1.165, 1.54) is 0 Å². The monoisotopic (exact) mass is 289 g/mol. The molecule has 0 aliphatic carbocycles. The summed E-state index contributed by atoms with van der Waals surface area (Å²) in [5.41, 5.74) is 2.92. The molecule has 1 atom stereocenters. The highest BCUT2D eigenvalue weighted by Crippen LogP contribution is 2.27. The lowest BCUT2D eigenvalue weighted by molar-refractivity contribution is 0.366. The third-order valence-corrected chi connectivity index (χ3v) is 3.73. The van der Waals surface area contributed by atoms with Crippen molar-refractivity contribution in [2.24, 2.45) is 7.05 Å². The molecule has 0 bridgehead atoms. The van der Waals surface area contributed by atoms with E-state index in [-0.39, 0.29) is 6.04 Å². The Labute approximate surface area is 125 Å². The first-order valence-electron chi connectivity index (χ1n) is 7.16. The fourth-order valence-corrected chi connectivity index (χ4v) is 2.62. The van der Waals surface area contributed by atoms with Crippen molar-refractivity contribution in [1.29, 1.82) is 0 Å². The SMILES string of the molecule is CC[C@@H](NCc1c(C)nn(C)c1OC)c1ccccc1O. The summed E-state index contributed by atoms with van der Waals surface area (Å²) in [4.78, 5) is 0. The second-order valence-electron chi connectivity index (χ2n) is 5.10. The van der Waals surface area contributed by atoms with Gasteiger partial charge in [-0.15, -0.1) is 0 Å². The highest BCUT2D eigenvalue weighted by Gasteiger charge is 2.17. The molecule has 0 saturated carbocycles. The summed E-state index contributed by atoms with van der Waals surface area (Å²) in [6.45, 7) is 4.72. The second kappa shape index (κ2) is 6.63. The van der Waals surface area contributed by atoms with Crippen LogP contribution in [0, 0.1) is 6.92 Å². The lowest BCUT2D eigenvalue weighted by atomic mass is 10.0. The minimum absolute atomic E-state index is 0.0931. The van der Waals surface area contributed by atoms with Crippen LogP contribution in [0.2, 0.25) is 0 Å². The smallest absolute Gasteiger partial charge is 0.216 e. The predicted octanol–water partition coefficient (Wildman–Crippen LogP) is 2.68. The van der Waals surface area contributed by atoms with Crippen LogP contribution < -0.4 is 10.1 Å². The van der Waals surface area contributed by atoms with Gasteiger partial charge in [-0.05, 0) is 19.4 Å². The van der Waals surface area contributed by atoms with Gasteiger partial charge in [0.2, 0.25) is 5.88 Å². The number of nitrogens with one attached hydrogen (secondary N) is 1. The summed E-state index contributed by atoms with van der Waals surface area (Å²) >= 11 is 0. The zero-order chi connectivity index (χ0) is 15.4. The molecule has 0 aliphatic rings. The first kappa shape index (κ1) is 15.4. The number of nitrogens with zero attached hydrogens (tertiary/aromatic N) is 2. The summed E-state index contributed by atoms with van der Waals surface area (Å²) < 4.78 is 7.15. The normalized spacial score (nSPS) is 12.4. The molecule has 2 aromatic rings. The van der Waals surface area contributed by atoms with Gasteiger partial charge in [-0.3, -0.25) is 0 Å². The lowest BCUT2D eigenvalue weighted by Crippen LogP contribution is -2.21. The number of aromatic hydroxyl groups is 1. The van der Waals surface area contributed by atoms with Crippen LogP contribution in [-0.4, -0.2) is 22.0 Å². The maximum atomic E-state index is 9.99. The summed E-state index contributed by atoms with van der Waals surface area (Å²) in [5, 5.41) is 17.8. The van der Waals surface area contributed by atoms with Gasteiger partial charge in [0, 0.05) is 25.2 Å². The molecule has 1 heterocycles. The third kappa shape index (κ3) is 3.19. The topological polar surface area (TPSA) is 59.3 Å². The Hall–Kier alpha value is -2.01. The number of ether oxygens (including phenoxy) is 1. The fourth-order valence-electron chi connectivity index (χ4n) is 2.62. The number of benzene rings is 1. The van der Waals surface area contributed by atoms with Crippen molar-refractivity contribution in [2.45, 2.75) is 32.9 Å². The van der Waals surface area contributed by atoms with Crippen molar-refractivity contribution < 1.29 is 9.84 Å². The van der Waals surface area contributed by atoms with Crippen LogP contribution in [0.3, 0.4) is 0 Å². The molecule has 0 amide bonds. The average molecular weight is 289 g/mol. The fraction of sp³-hybridized carbons (Fsp3) is 0.438. The van der Waals surface area contributed by atoms with Crippen LogP contribution in [0.5, 0.6) is 11.6 Å². The summed E-state index contributed by atoms with van der Waals surface area (Å²) in [6, 6.07) is 7.53. The van der Waals surface area contributed by atoms with E-state index in [4.69, 9.17) is 4.74 Å². The molecule has 0 unspecified atom stereocenters. The Bertz CT molecular complexity index is 608. The predicted molar refractivity (Wildman–Crippen MR) is 82.5 cm³/mol. The van der Waals surface area contributed by atoms with Gasteiger partial charge in [-0.25, -0.2) is 4.68 Å². The van der Waals surface area contributed by atoms with Crippen molar-refractivity contribution in [3.8, 4) is 11.6 Å². The number of hydrogen-bond donors (Lipinski definition) is 2. The largest absolute Gasteiger partial charge is 0.508 e. The van der Waals surface area contributed by atoms with E-state index in [9.17, 15) is 5.11 Å². The Morgan fingerprint density at radius 1 is 1.38 bits per heavy atom. The molecule has 0 aliphatic heterocycles. The molecule has 1 aromatic carbocycles. The van der Waals surface area contributed by atoms with Crippen molar-refractivity contribution >= 4 is 0 Å². The van der Waals surface area contributed by atoms with E-state index >= 15 is 0 Å². The molecule has 5 heteroatoms. The minimum atomic E-state index is 0.0931. The molecule has 5 nitrogen and oxygen atoms in total. The van der Waals surface area contributed by atoms with Gasteiger partial charge in [0.05, 0.1) is 18.4 Å². The molecular formula is C16H23N3O2. The Morgan fingerprint density at radius 2 is 2.10 bits per heavy atom. The number of phenols is 1. The Kier molecular flexibility index (Phi) is 4.85. The zero-order valence-electron chi connectivity index (χ0n) is 13.1. The summed E-state index contributed by atoms with van der Waals surface area (Å²) in [7, 11) is 3.52. The van der Waals surface area contributed by atoms with Crippen LogP contribution in [-0.2, 0) is 13.6 Å². The zero-order valence-corrected chi connectivity index (χ0v) is 13.1. The van der Waals surface area contributed by atoms with Crippen LogP contribution in [0.1, 0.15) is 36.2 Å². The number of rotatable bonds is 6. The van der Waals surface area contributed by atoms with Gasteiger partial charge in [0.25, 0.3) is 0 Å². The number of aryl methyl sites for hydroxylation is 2. The number of para-hydroxylation sites is 1. The molecule has 2 rings (SSSR count). The van der Waals surface area contributed by atoms with Gasteiger partial charge in [-0.2, -0.15) is 5.10 Å². The van der Waals surface area contributed by atoms with Gasteiger partial charge in [0.1, 0.15) is 5.75 Å². The van der Waals surface area contributed by atoms with Crippen LogP contribution >= 0.6 is 0 Å². The first-order valence-corrected chi connectivity index (χ1v) is 7.16. The molecule has 0 fully saturated rings. The van der Waals surface area contributed by atoms with Gasteiger partial charge >= 0.3 is 0 Å². The Morgan fingerprint density at radius 3 is 2.71 bits per heavy atom. The van der Waals surface area contributed by atoms with E-state index in [2.05, 4.69) is 17.3 Å². The summed E-state index contributed by atoms with van der Waals surface area (Å²) in [6.07, 6.45) is 0.888. The van der Waals surface area contributed by atoms with E-state index in [1.54, 1.807) is 17.9 Å². The van der Waals surface area contributed by atoms with Crippen molar-refractivity contribution in [2.75, 3.05) is 7.11 Å². The molecule has 0 spiro atoms. The maximum Gasteiger partial charge on any atom is 0.216 e. The number of phenolic OH excluding ortho intramolecular Hbond substituents is 1. The summed E-state index contributed by atoms with van der Waals surface area (Å²) in [5.74, 6) is 1.10. The molecule has 0 radical (unpaired) electrons. The highest BCUT2D eigenvalue weighted by molar-refractivity contribution is 5.35. The molecule has 2 N–H and O–H groups in total. The lowest BCUT2D eigenvalue weighted by Gasteiger charge is -2.18. The van der Waals surface area contributed by atoms with Crippen LogP contribution in [0.4, 0.5) is 0 Å². The molecular weight excluding hydrogens is 266 g/mol. The number of methoxy groups -OCH3 is 1. The van der Waals surface area contributed by atoms with Gasteiger partial charge in [0.15, 0.2) is 0 Å². The third-order valence-electron chi connectivity index (χ3n) is 3.73. The van der Waals surface area contributed by atoms with E-state index < -0.39 is 0 Å². The number of aromatic nitrogens is 2. The first-order chi connectivity index (χ1) is 10.1. The van der Waals surface area contributed by atoms with Gasteiger partial charge < -0.3 is 15.2 Å².